The maximum absolute atomic E-state index is 2.41. The molecule has 14 heavy (non-hydrogen) atoms. The van der Waals surface area contributed by atoms with Crippen LogP contribution in [0, 0.1) is 23.7 Å². The highest BCUT2D eigenvalue weighted by molar-refractivity contribution is 4.80. The van der Waals surface area contributed by atoms with Crippen LogP contribution in [0.5, 0.6) is 0 Å². The van der Waals surface area contributed by atoms with Gasteiger partial charge in [0, 0.05) is 0 Å². The second-order valence-corrected chi connectivity index (χ2v) is 5.66. The Kier molecular flexibility index (Phi) is 4.98. The molecular formula is C14H28. The lowest BCUT2D eigenvalue weighted by atomic mass is 9.88. The molecule has 1 fully saturated rings. The summed E-state index contributed by atoms with van der Waals surface area (Å²) in [5, 5.41) is 0. The first-order valence-electron chi connectivity index (χ1n) is 6.65. The molecule has 0 heteroatoms. The maximum atomic E-state index is 2.41. The van der Waals surface area contributed by atoms with Gasteiger partial charge in [-0.3, -0.25) is 0 Å². The minimum atomic E-state index is 0.871. The lowest BCUT2D eigenvalue weighted by molar-refractivity contribution is 0.337. The molecule has 1 rings (SSSR count). The molecule has 0 saturated heterocycles. The first kappa shape index (κ1) is 12.1. The van der Waals surface area contributed by atoms with Crippen LogP contribution in [0.2, 0.25) is 0 Å². The van der Waals surface area contributed by atoms with Gasteiger partial charge in [0.05, 0.1) is 0 Å². The third-order valence-corrected chi connectivity index (χ3v) is 4.19. The van der Waals surface area contributed by atoms with E-state index in [9.17, 15) is 0 Å². The van der Waals surface area contributed by atoms with Gasteiger partial charge in [0.15, 0.2) is 0 Å². The molecule has 0 aromatic rings. The van der Waals surface area contributed by atoms with Crippen LogP contribution in [0.3, 0.4) is 0 Å². The summed E-state index contributed by atoms with van der Waals surface area (Å²) in [5.41, 5.74) is 0. The van der Waals surface area contributed by atoms with Gasteiger partial charge in [-0.1, -0.05) is 53.4 Å². The van der Waals surface area contributed by atoms with E-state index in [1.807, 2.05) is 0 Å². The monoisotopic (exact) mass is 196 g/mol. The van der Waals surface area contributed by atoms with E-state index in [0.29, 0.717) is 0 Å². The third kappa shape index (κ3) is 4.02. The number of hydrogen-bond acceptors (Lipinski definition) is 0. The van der Waals surface area contributed by atoms with Crippen LogP contribution in [0.15, 0.2) is 0 Å². The number of rotatable bonds is 7. The Balaban J connectivity index is 2.06. The lowest BCUT2D eigenvalue weighted by Crippen LogP contribution is -2.06. The molecule has 2 unspecified atom stereocenters. The first-order valence-corrected chi connectivity index (χ1v) is 6.65. The Morgan fingerprint density at radius 3 is 2.14 bits per heavy atom. The average Bonchev–Trinajstić information content (AvgIpc) is 2.95. The molecule has 2 atom stereocenters. The Morgan fingerprint density at radius 2 is 1.71 bits per heavy atom. The second-order valence-electron chi connectivity index (χ2n) is 5.66. The summed E-state index contributed by atoms with van der Waals surface area (Å²) in [6.45, 7) is 9.48. The minimum Gasteiger partial charge on any atom is -0.0651 e. The topological polar surface area (TPSA) is 0 Å². The molecule has 0 bridgehead atoms. The quantitative estimate of drug-likeness (QED) is 0.544. The molecule has 0 aromatic carbocycles. The van der Waals surface area contributed by atoms with Gasteiger partial charge >= 0.3 is 0 Å². The summed E-state index contributed by atoms with van der Waals surface area (Å²) in [5.74, 6) is 3.98. The van der Waals surface area contributed by atoms with Crippen LogP contribution in [0.4, 0.5) is 0 Å². The Labute approximate surface area is 90.5 Å². The molecule has 1 saturated carbocycles. The Morgan fingerprint density at radius 1 is 1.07 bits per heavy atom. The van der Waals surface area contributed by atoms with Gasteiger partial charge in [-0.2, -0.15) is 0 Å². The van der Waals surface area contributed by atoms with Crippen molar-refractivity contribution in [1.29, 1.82) is 0 Å². The summed E-state index contributed by atoms with van der Waals surface area (Å²) in [6, 6.07) is 0. The van der Waals surface area contributed by atoms with Crippen molar-refractivity contribution in [2.24, 2.45) is 23.7 Å². The van der Waals surface area contributed by atoms with E-state index in [2.05, 4.69) is 27.7 Å². The Bertz CT molecular complexity index is 144. The third-order valence-electron chi connectivity index (χ3n) is 4.19. The molecule has 0 radical (unpaired) electrons. The zero-order valence-electron chi connectivity index (χ0n) is 10.6. The van der Waals surface area contributed by atoms with Gasteiger partial charge in [0.25, 0.3) is 0 Å². The molecule has 0 nitrogen and oxygen atoms in total. The normalized spacial score (nSPS) is 21.2. The fourth-order valence-corrected chi connectivity index (χ4v) is 2.38. The van der Waals surface area contributed by atoms with Crippen molar-refractivity contribution < 1.29 is 0 Å². The lowest BCUT2D eigenvalue weighted by Gasteiger charge is -2.18. The molecule has 1 aliphatic carbocycles. The van der Waals surface area contributed by atoms with E-state index >= 15 is 0 Å². The largest absolute Gasteiger partial charge is 0.0651 e. The highest BCUT2D eigenvalue weighted by Gasteiger charge is 2.29. The van der Waals surface area contributed by atoms with Crippen LogP contribution in [-0.2, 0) is 0 Å². The summed E-state index contributed by atoms with van der Waals surface area (Å²) >= 11 is 0. The molecule has 0 aliphatic heterocycles. The molecule has 0 spiro atoms. The standard InChI is InChI=1S/C14H28/c1-5-13(14-9-10-14)8-6-7-12(4)11(2)3/h11-14H,5-10H2,1-4H3. The molecule has 0 aromatic heterocycles. The summed E-state index contributed by atoms with van der Waals surface area (Å²) in [6.07, 6.45) is 8.88. The van der Waals surface area contributed by atoms with Crippen molar-refractivity contribution in [1.82, 2.24) is 0 Å². The molecule has 0 N–H and O–H groups in total. The van der Waals surface area contributed by atoms with E-state index in [0.717, 1.165) is 23.7 Å². The van der Waals surface area contributed by atoms with Crippen molar-refractivity contribution in [2.75, 3.05) is 0 Å². The van der Waals surface area contributed by atoms with Crippen LogP contribution in [0.25, 0.3) is 0 Å². The van der Waals surface area contributed by atoms with Gasteiger partial charge in [0.1, 0.15) is 0 Å². The fourth-order valence-electron chi connectivity index (χ4n) is 2.38. The highest BCUT2D eigenvalue weighted by atomic mass is 14.3. The van der Waals surface area contributed by atoms with E-state index < -0.39 is 0 Å². The van der Waals surface area contributed by atoms with Gasteiger partial charge < -0.3 is 0 Å². The van der Waals surface area contributed by atoms with Crippen LogP contribution < -0.4 is 0 Å². The SMILES string of the molecule is CCC(CCCC(C)C(C)C)C1CC1. The summed E-state index contributed by atoms with van der Waals surface area (Å²) < 4.78 is 0. The van der Waals surface area contributed by atoms with E-state index in [1.165, 1.54) is 38.5 Å². The predicted octanol–water partition coefficient (Wildman–Crippen LogP) is 4.89. The average molecular weight is 196 g/mol. The minimum absolute atomic E-state index is 0.871. The Hall–Kier alpha value is 0. The van der Waals surface area contributed by atoms with Gasteiger partial charge in [-0.15, -0.1) is 0 Å². The van der Waals surface area contributed by atoms with Crippen molar-refractivity contribution >= 4 is 0 Å². The zero-order valence-corrected chi connectivity index (χ0v) is 10.6. The molecule has 1 aliphatic rings. The second kappa shape index (κ2) is 5.78. The van der Waals surface area contributed by atoms with E-state index in [-0.39, 0.29) is 0 Å². The first-order chi connectivity index (χ1) is 6.65. The number of hydrogen-bond donors (Lipinski definition) is 0. The van der Waals surface area contributed by atoms with Crippen LogP contribution in [-0.4, -0.2) is 0 Å². The molecule has 0 heterocycles. The van der Waals surface area contributed by atoms with Gasteiger partial charge in [-0.05, 0) is 36.5 Å². The van der Waals surface area contributed by atoms with Gasteiger partial charge in [0.2, 0.25) is 0 Å². The van der Waals surface area contributed by atoms with Crippen molar-refractivity contribution in [2.45, 2.75) is 66.2 Å². The van der Waals surface area contributed by atoms with Gasteiger partial charge in [-0.25, -0.2) is 0 Å². The van der Waals surface area contributed by atoms with Crippen LogP contribution in [0.1, 0.15) is 66.2 Å². The predicted molar refractivity (Wildman–Crippen MR) is 64.4 cm³/mol. The van der Waals surface area contributed by atoms with Crippen molar-refractivity contribution in [3.05, 3.63) is 0 Å². The van der Waals surface area contributed by atoms with Crippen molar-refractivity contribution in [3.8, 4) is 0 Å². The summed E-state index contributed by atoms with van der Waals surface area (Å²) in [4.78, 5) is 0. The molecule has 0 amide bonds. The molecular weight excluding hydrogens is 168 g/mol. The zero-order chi connectivity index (χ0) is 10.6. The van der Waals surface area contributed by atoms with Crippen LogP contribution >= 0.6 is 0 Å². The molecule has 84 valence electrons. The van der Waals surface area contributed by atoms with E-state index in [1.54, 1.807) is 0 Å². The summed E-state index contributed by atoms with van der Waals surface area (Å²) in [7, 11) is 0. The fraction of sp³-hybridized carbons (Fsp3) is 1.00. The van der Waals surface area contributed by atoms with Crippen molar-refractivity contribution in [3.63, 3.8) is 0 Å². The highest BCUT2D eigenvalue weighted by Crippen LogP contribution is 2.41. The van der Waals surface area contributed by atoms with E-state index in [4.69, 9.17) is 0 Å². The smallest absolute Gasteiger partial charge is 0.0386 e. The maximum Gasteiger partial charge on any atom is -0.0386 e.